The fraction of sp³-hybridized carbons (Fsp3) is 0.267. The second-order valence-electron chi connectivity index (χ2n) is 4.38. The van der Waals surface area contributed by atoms with Crippen LogP contribution in [-0.2, 0) is 6.54 Å². The number of pyridine rings is 1. The molecule has 4 heteroatoms. The number of nitrogens with zero attached hydrogens (tertiary/aromatic N) is 1. The second-order valence-corrected chi connectivity index (χ2v) is 4.79. The maximum absolute atomic E-state index is 6.11. The lowest BCUT2D eigenvalue weighted by Crippen LogP contribution is -2.06. The minimum Gasteiger partial charge on any atom is -0.496 e. The molecule has 2 rings (SSSR count). The Morgan fingerprint density at radius 3 is 2.68 bits per heavy atom. The highest BCUT2D eigenvalue weighted by Gasteiger charge is 2.09. The molecule has 0 aliphatic heterocycles. The summed E-state index contributed by atoms with van der Waals surface area (Å²) in [5, 5.41) is 4.00. The number of nitrogens with one attached hydrogen (secondary N) is 1. The van der Waals surface area contributed by atoms with Gasteiger partial charge in [-0.15, -0.1) is 0 Å². The van der Waals surface area contributed by atoms with Gasteiger partial charge in [-0.1, -0.05) is 23.7 Å². The minimum atomic E-state index is 0.617. The van der Waals surface area contributed by atoms with Gasteiger partial charge in [0.25, 0.3) is 0 Å². The molecule has 2 aromatic rings. The molecule has 19 heavy (non-hydrogen) atoms. The molecule has 0 spiro atoms. The average molecular weight is 277 g/mol. The van der Waals surface area contributed by atoms with Crippen molar-refractivity contribution in [2.45, 2.75) is 20.4 Å². The molecule has 1 N–H and O–H groups in total. The van der Waals surface area contributed by atoms with Crippen LogP contribution in [0.5, 0.6) is 5.75 Å². The predicted octanol–water partition coefficient (Wildman–Crippen LogP) is 3.97. The van der Waals surface area contributed by atoms with Gasteiger partial charge in [-0.25, -0.2) is 0 Å². The van der Waals surface area contributed by atoms with Crippen molar-refractivity contribution in [3.05, 3.63) is 52.3 Å². The molecule has 0 unspecified atom stereocenters. The zero-order valence-electron chi connectivity index (χ0n) is 11.3. The molecule has 1 aromatic heterocycles. The molecule has 0 amide bonds. The number of anilines is 1. The predicted molar refractivity (Wildman–Crippen MR) is 79.0 cm³/mol. The smallest absolute Gasteiger partial charge is 0.128 e. The van der Waals surface area contributed by atoms with Crippen molar-refractivity contribution in [3.8, 4) is 5.75 Å². The third-order valence-electron chi connectivity index (χ3n) is 3.07. The summed E-state index contributed by atoms with van der Waals surface area (Å²) in [5.74, 6) is 0.894. The third kappa shape index (κ3) is 2.99. The summed E-state index contributed by atoms with van der Waals surface area (Å²) < 4.78 is 5.40. The Labute approximate surface area is 118 Å². The monoisotopic (exact) mass is 276 g/mol. The Bertz CT molecular complexity index is 584. The van der Waals surface area contributed by atoms with E-state index in [4.69, 9.17) is 16.3 Å². The standard InChI is InChI=1S/C15H17ClN2O/c1-10-8-17-14(11(2)15(10)19-3)9-18-13-7-5-4-6-12(13)16/h4-8,18H,9H2,1-3H3. The van der Waals surface area contributed by atoms with Crippen LogP contribution in [0.3, 0.4) is 0 Å². The first-order valence-corrected chi connectivity index (χ1v) is 6.48. The Morgan fingerprint density at radius 2 is 2.00 bits per heavy atom. The molecule has 0 aliphatic carbocycles. The lowest BCUT2D eigenvalue weighted by atomic mass is 10.1. The van der Waals surface area contributed by atoms with Crippen LogP contribution in [0.4, 0.5) is 5.69 Å². The molecule has 1 heterocycles. The van der Waals surface area contributed by atoms with Crippen LogP contribution in [0, 0.1) is 13.8 Å². The summed E-state index contributed by atoms with van der Waals surface area (Å²) in [6.07, 6.45) is 1.83. The highest BCUT2D eigenvalue weighted by Crippen LogP contribution is 2.25. The molecule has 0 radical (unpaired) electrons. The van der Waals surface area contributed by atoms with Gasteiger partial charge >= 0.3 is 0 Å². The Hall–Kier alpha value is -1.74. The normalized spacial score (nSPS) is 10.3. The zero-order valence-corrected chi connectivity index (χ0v) is 12.1. The van der Waals surface area contributed by atoms with E-state index in [9.17, 15) is 0 Å². The molecular formula is C15H17ClN2O. The lowest BCUT2D eigenvalue weighted by Gasteiger charge is -2.13. The zero-order chi connectivity index (χ0) is 13.8. The summed E-state index contributed by atoms with van der Waals surface area (Å²) in [6, 6.07) is 7.67. The first kappa shape index (κ1) is 13.7. The fourth-order valence-corrected chi connectivity index (χ4v) is 2.24. The molecule has 0 saturated heterocycles. The number of aryl methyl sites for hydroxylation is 1. The topological polar surface area (TPSA) is 34.1 Å². The van der Waals surface area contributed by atoms with Crippen molar-refractivity contribution in [2.24, 2.45) is 0 Å². The number of aromatic nitrogens is 1. The SMILES string of the molecule is COc1c(C)cnc(CNc2ccccc2Cl)c1C. The van der Waals surface area contributed by atoms with Crippen LogP contribution < -0.4 is 10.1 Å². The fourth-order valence-electron chi connectivity index (χ4n) is 2.03. The van der Waals surface area contributed by atoms with E-state index in [1.165, 1.54) is 0 Å². The van der Waals surface area contributed by atoms with E-state index in [0.29, 0.717) is 11.6 Å². The number of rotatable bonds is 4. The number of ether oxygens (including phenoxy) is 1. The highest BCUT2D eigenvalue weighted by atomic mass is 35.5. The highest BCUT2D eigenvalue weighted by molar-refractivity contribution is 6.33. The van der Waals surface area contributed by atoms with E-state index in [-0.39, 0.29) is 0 Å². The van der Waals surface area contributed by atoms with Gasteiger partial charge in [-0.3, -0.25) is 4.98 Å². The van der Waals surface area contributed by atoms with E-state index in [0.717, 1.165) is 28.3 Å². The van der Waals surface area contributed by atoms with Gasteiger partial charge < -0.3 is 10.1 Å². The number of benzene rings is 1. The van der Waals surface area contributed by atoms with Crippen molar-refractivity contribution in [1.29, 1.82) is 0 Å². The average Bonchev–Trinajstić information content (AvgIpc) is 2.40. The molecule has 0 aliphatic rings. The molecule has 0 saturated carbocycles. The van der Waals surface area contributed by atoms with E-state index in [1.807, 2.05) is 44.3 Å². The van der Waals surface area contributed by atoms with Crippen LogP contribution in [0.15, 0.2) is 30.5 Å². The maximum atomic E-state index is 6.11. The summed E-state index contributed by atoms with van der Waals surface area (Å²) in [4.78, 5) is 4.45. The largest absolute Gasteiger partial charge is 0.496 e. The van der Waals surface area contributed by atoms with Gasteiger partial charge in [0.2, 0.25) is 0 Å². The second kappa shape index (κ2) is 5.93. The first-order valence-electron chi connectivity index (χ1n) is 6.11. The summed E-state index contributed by atoms with van der Waals surface area (Å²) in [7, 11) is 1.68. The Kier molecular flexibility index (Phi) is 4.27. The van der Waals surface area contributed by atoms with Gasteiger partial charge in [-0.2, -0.15) is 0 Å². The van der Waals surface area contributed by atoms with E-state index >= 15 is 0 Å². The molecule has 0 bridgehead atoms. The van der Waals surface area contributed by atoms with Crippen molar-refractivity contribution in [2.75, 3.05) is 12.4 Å². The van der Waals surface area contributed by atoms with Crippen LogP contribution in [0.25, 0.3) is 0 Å². The molecule has 3 nitrogen and oxygen atoms in total. The number of methoxy groups -OCH3 is 1. The van der Waals surface area contributed by atoms with Crippen molar-refractivity contribution in [3.63, 3.8) is 0 Å². The van der Waals surface area contributed by atoms with E-state index in [2.05, 4.69) is 10.3 Å². The summed E-state index contributed by atoms with van der Waals surface area (Å²) in [6.45, 7) is 4.62. The lowest BCUT2D eigenvalue weighted by molar-refractivity contribution is 0.407. The van der Waals surface area contributed by atoms with Gasteiger partial charge in [0.05, 0.1) is 30.1 Å². The Morgan fingerprint density at radius 1 is 1.26 bits per heavy atom. The van der Waals surface area contributed by atoms with Crippen LogP contribution in [-0.4, -0.2) is 12.1 Å². The summed E-state index contributed by atoms with van der Waals surface area (Å²) in [5.41, 5.74) is 3.97. The third-order valence-corrected chi connectivity index (χ3v) is 3.40. The van der Waals surface area contributed by atoms with Crippen molar-refractivity contribution >= 4 is 17.3 Å². The number of hydrogen-bond donors (Lipinski definition) is 1. The summed E-state index contributed by atoms with van der Waals surface area (Å²) >= 11 is 6.11. The molecule has 1 aromatic carbocycles. The van der Waals surface area contributed by atoms with Crippen LogP contribution >= 0.6 is 11.6 Å². The van der Waals surface area contributed by atoms with Gasteiger partial charge in [0.1, 0.15) is 5.75 Å². The van der Waals surface area contributed by atoms with E-state index in [1.54, 1.807) is 7.11 Å². The number of halogens is 1. The maximum Gasteiger partial charge on any atom is 0.128 e. The molecule has 100 valence electrons. The molecule has 0 atom stereocenters. The molecule has 0 fully saturated rings. The van der Waals surface area contributed by atoms with Crippen molar-refractivity contribution in [1.82, 2.24) is 4.98 Å². The van der Waals surface area contributed by atoms with Gasteiger partial charge in [0, 0.05) is 17.3 Å². The van der Waals surface area contributed by atoms with Crippen LogP contribution in [0.1, 0.15) is 16.8 Å². The Balaban J connectivity index is 2.19. The van der Waals surface area contributed by atoms with Gasteiger partial charge in [0.15, 0.2) is 0 Å². The van der Waals surface area contributed by atoms with Crippen molar-refractivity contribution < 1.29 is 4.74 Å². The molecular weight excluding hydrogens is 260 g/mol. The minimum absolute atomic E-state index is 0.617. The van der Waals surface area contributed by atoms with Gasteiger partial charge in [-0.05, 0) is 26.0 Å². The number of hydrogen-bond acceptors (Lipinski definition) is 3. The first-order chi connectivity index (χ1) is 9.13. The van der Waals surface area contributed by atoms with Crippen LogP contribution in [0.2, 0.25) is 5.02 Å². The van der Waals surface area contributed by atoms with E-state index < -0.39 is 0 Å². The number of para-hydroxylation sites is 1. The quantitative estimate of drug-likeness (QED) is 0.917.